The third-order valence-corrected chi connectivity index (χ3v) is 9.04. The molecular formula is C44H29NO. The van der Waals surface area contributed by atoms with Gasteiger partial charge in [0.15, 0.2) is 5.58 Å². The number of fused-ring (bicyclic) bond motifs is 5. The Bertz CT molecular complexity index is 2520. The number of anilines is 3. The quantitative estimate of drug-likeness (QED) is 0.199. The molecule has 216 valence electrons. The third-order valence-electron chi connectivity index (χ3n) is 9.04. The Morgan fingerprint density at radius 3 is 1.80 bits per heavy atom. The first-order valence-corrected chi connectivity index (χ1v) is 15.7. The maximum absolute atomic E-state index is 6.78. The molecule has 0 N–H and O–H groups in total. The first kappa shape index (κ1) is 26.3. The molecule has 9 rings (SSSR count). The molecule has 0 amide bonds. The van der Waals surface area contributed by atoms with Gasteiger partial charge in [-0.15, -0.1) is 0 Å². The van der Waals surface area contributed by atoms with Gasteiger partial charge in [-0.1, -0.05) is 140 Å². The van der Waals surface area contributed by atoms with Crippen LogP contribution in [-0.4, -0.2) is 0 Å². The Hall–Kier alpha value is -6.12. The van der Waals surface area contributed by atoms with Crippen LogP contribution in [0.3, 0.4) is 0 Å². The van der Waals surface area contributed by atoms with Crippen molar-refractivity contribution in [3.8, 4) is 22.3 Å². The lowest BCUT2D eigenvalue weighted by molar-refractivity contribution is 0.669. The minimum atomic E-state index is 0.868. The smallest absolute Gasteiger partial charge is 0.159 e. The van der Waals surface area contributed by atoms with E-state index in [1.54, 1.807) is 0 Å². The molecule has 46 heavy (non-hydrogen) atoms. The second-order valence-corrected chi connectivity index (χ2v) is 11.7. The van der Waals surface area contributed by atoms with Crippen LogP contribution in [0.2, 0.25) is 0 Å². The van der Waals surface area contributed by atoms with Gasteiger partial charge in [0.1, 0.15) is 5.58 Å². The van der Waals surface area contributed by atoms with Crippen molar-refractivity contribution in [2.45, 2.75) is 0 Å². The first-order chi connectivity index (χ1) is 22.8. The fraction of sp³-hybridized carbons (Fsp3) is 0. The molecule has 0 unspecified atom stereocenters. The molecule has 1 heterocycles. The number of nitrogens with zero attached hydrogens (tertiary/aromatic N) is 1. The average molecular weight is 588 g/mol. The highest BCUT2D eigenvalue weighted by molar-refractivity contribution is 6.14. The van der Waals surface area contributed by atoms with Crippen LogP contribution in [0.15, 0.2) is 180 Å². The number of benzene rings is 8. The van der Waals surface area contributed by atoms with E-state index in [0.29, 0.717) is 0 Å². The molecule has 0 saturated carbocycles. The molecule has 0 saturated heterocycles. The van der Waals surface area contributed by atoms with E-state index < -0.39 is 0 Å². The van der Waals surface area contributed by atoms with Crippen molar-refractivity contribution >= 4 is 60.5 Å². The van der Waals surface area contributed by atoms with E-state index in [2.05, 4.69) is 181 Å². The summed E-state index contributed by atoms with van der Waals surface area (Å²) in [6.45, 7) is 0. The maximum Gasteiger partial charge on any atom is 0.159 e. The first-order valence-electron chi connectivity index (χ1n) is 15.7. The van der Waals surface area contributed by atoms with Gasteiger partial charge in [0.25, 0.3) is 0 Å². The van der Waals surface area contributed by atoms with Crippen LogP contribution in [0.5, 0.6) is 0 Å². The second kappa shape index (κ2) is 10.8. The van der Waals surface area contributed by atoms with Gasteiger partial charge < -0.3 is 9.32 Å². The molecule has 2 heteroatoms. The SMILES string of the molecule is c1ccc(-c2ccc(N(c3ccccc3-c3cccc4ccccc34)c3cccc4c3oc3cc5ccccc5cc34)cc2)cc1. The predicted octanol–water partition coefficient (Wildman–Crippen LogP) is 12.7. The van der Waals surface area contributed by atoms with Gasteiger partial charge in [-0.25, -0.2) is 0 Å². The van der Waals surface area contributed by atoms with E-state index in [-0.39, 0.29) is 0 Å². The topological polar surface area (TPSA) is 16.4 Å². The van der Waals surface area contributed by atoms with Gasteiger partial charge in [0, 0.05) is 22.0 Å². The maximum atomic E-state index is 6.78. The zero-order chi connectivity index (χ0) is 30.5. The zero-order valence-electron chi connectivity index (χ0n) is 25.1. The number of rotatable bonds is 5. The van der Waals surface area contributed by atoms with Crippen molar-refractivity contribution in [2.24, 2.45) is 0 Å². The van der Waals surface area contributed by atoms with Gasteiger partial charge in [0.05, 0.1) is 11.4 Å². The molecule has 0 atom stereocenters. The fourth-order valence-electron chi connectivity index (χ4n) is 6.84. The van der Waals surface area contributed by atoms with Crippen LogP contribution >= 0.6 is 0 Å². The molecule has 0 bridgehead atoms. The summed E-state index contributed by atoms with van der Waals surface area (Å²) in [6.07, 6.45) is 0. The van der Waals surface area contributed by atoms with Crippen LogP contribution in [0, 0.1) is 0 Å². The lowest BCUT2D eigenvalue weighted by atomic mass is 9.96. The van der Waals surface area contributed by atoms with Gasteiger partial charge in [0.2, 0.25) is 0 Å². The molecule has 1 aromatic heterocycles. The predicted molar refractivity (Wildman–Crippen MR) is 194 cm³/mol. The summed E-state index contributed by atoms with van der Waals surface area (Å²) in [4.78, 5) is 2.36. The largest absolute Gasteiger partial charge is 0.454 e. The minimum Gasteiger partial charge on any atom is -0.454 e. The standard InChI is InChI=1S/C44H29NO/c1-2-12-30(13-3-1)31-24-26-35(27-25-31)45(41-22-9-8-19-38(41)37-20-10-17-32-14-6-7-18-36(32)37)42-23-11-21-39-40-28-33-15-4-5-16-34(33)29-43(40)46-44(39)42/h1-29H. The van der Waals surface area contributed by atoms with Crippen molar-refractivity contribution in [3.05, 3.63) is 176 Å². The second-order valence-electron chi connectivity index (χ2n) is 11.7. The summed E-state index contributed by atoms with van der Waals surface area (Å²) >= 11 is 0. The summed E-state index contributed by atoms with van der Waals surface area (Å²) in [7, 11) is 0. The zero-order valence-corrected chi connectivity index (χ0v) is 25.1. The van der Waals surface area contributed by atoms with Crippen LogP contribution in [0.1, 0.15) is 0 Å². The number of furan rings is 1. The van der Waals surface area contributed by atoms with Crippen molar-refractivity contribution in [3.63, 3.8) is 0 Å². The van der Waals surface area contributed by atoms with E-state index in [4.69, 9.17) is 4.42 Å². The van der Waals surface area contributed by atoms with E-state index in [9.17, 15) is 0 Å². The highest BCUT2D eigenvalue weighted by atomic mass is 16.3. The summed E-state index contributed by atoms with van der Waals surface area (Å²) < 4.78 is 6.78. The normalized spacial score (nSPS) is 11.5. The monoisotopic (exact) mass is 587 g/mol. The Balaban J connectivity index is 1.31. The summed E-state index contributed by atoms with van der Waals surface area (Å²) in [5, 5.41) is 7.05. The van der Waals surface area contributed by atoms with Crippen LogP contribution in [0.4, 0.5) is 17.1 Å². The summed E-state index contributed by atoms with van der Waals surface area (Å²) in [5.41, 5.74) is 9.64. The van der Waals surface area contributed by atoms with Gasteiger partial charge in [-0.3, -0.25) is 0 Å². The molecule has 0 aliphatic carbocycles. The highest BCUT2D eigenvalue weighted by Gasteiger charge is 2.22. The van der Waals surface area contributed by atoms with Crippen LogP contribution in [0.25, 0.3) is 65.7 Å². The molecule has 8 aromatic carbocycles. The number of hydrogen-bond acceptors (Lipinski definition) is 2. The van der Waals surface area contributed by atoms with Crippen molar-refractivity contribution in [2.75, 3.05) is 4.90 Å². The van der Waals surface area contributed by atoms with E-state index in [0.717, 1.165) is 44.6 Å². The van der Waals surface area contributed by atoms with Crippen molar-refractivity contribution in [1.29, 1.82) is 0 Å². The molecular weight excluding hydrogens is 558 g/mol. The Morgan fingerprint density at radius 2 is 0.957 bits per heavy atom. The summed E-state index contributed by atoms with van der Waals surface area (Å²) in [5.74, 6) is 0. The van der Waals surface area contributed by atoms with Crippen LogP contribution < -0.4 is 4.90 Å². The lowest BCUT2D eigenvalue weighted by Crippen LogP contribution is -2.11. The molecule has 9 aromatic rings. The van der Waals surface area contributed by atoms with Crippen LogP contribution in [-0.2, 0) is 0 Å². The van der Waals surface area contributed by atoms with Gasteiger partial charge >= 0.3 is 0 Å². The van der Waals surface area contributed by atoms with Gasteiger partial charge in [-0.2, -0.15) is 0 Å². The highest BCUT2D eigenvalue weighted by Crippen LogP contribution is 2.46. The minimum absolute atomic E-state index is 0.868. The Morgan fingerprint density at radius 1 is 0.370 bits per heavy atom. The van der Waals surface area contributed by atoms with Crippen molar-refractivity contribution < 1.29 is 4.42 Å². The van der Waals surface area contributed by atoms with Gasteiger partial charge in [-0.05, 0) is 74.6 Å². The van der Waals surface area contributed by atoms with E-state index in [1.807, 2.05) is 0 Å². The Kier molecular flexibility index (Phi) is 6.17. The lowest BCUT2D eigenvalue weighted by Gasteiger charge is -2.28. The Labute approximate surface area is 267 Å². The third kappa shape index (κ3) is 4.35. The van der Waals surface area contributed by atoms with E-state index >= 15 is 0 Å². The van der Waals surface area contributed by atoms with E-state index in [1.165, 1.54) is 38.2 Å². The molecule has 0 aliphatic heterocycles. The van der Waals surface area contributed by atoms with Crippen molar-refractivity contribution in [1.82, 2.24) is 0 Å². The summed E-state index contributed by atoms with van der Waals surface area (Å²) in [6, 6.07) is 62.7. The number of hydrogen-bond donors (Lipinski definition) is 0. The molecule has 0 aliphatic rings. The number of para-hydroxylation sites is 2. The molecule has 0 spiro atoms. The fourth-order valence-corrected chi connectivity index (χ4v) is 6.84. The molecule has 0 fully saturated rings. The molecule has 2 nitrogen and oxygen atoms in total. The average Bonchev–Trinajstić information content (AvgIpc) is 3.49. The molecule has 0 radical (unpaired) electrons.